The molecule has 4 rings (SSSR count). The standard InChI is InChI=1S/C19H19ClN4O2/c1-8(2)18-22-17(20)16-11-7-14(25-5)12(6-13(11)21-19(16)23-18)15-9(3)24-26-10(15)4/h6-8H,1-5H3,(H,21,22,23). The Kier molecular flexibility index (Phi) is 3.88. The highest BCUT2D eigenvalue weighted by molar-refractivity contribution is 6.36. The summed E-state index contributed by atoms with van der Waals surface area (Å²) in [6.07, 6.45) is 0. The molecular formula is C19H19ClN4O2. The topological polar surface area (TPSA) is 76.8 Å². The van der Waals surface area contributed by atoms with Crippen molar-refractivity contribution in [2.75, 3.05) is 7.11 Å². The number of hydrogen-bond acceptors (Lipinski definition) is 5. The number of benzene rings is 1. The lowest BCUT2D eigenvalue weighted by atomic mass is 10.0. The molecule has 3 aromatic heterocycles. The Hall–Kier alpha value is -2.60. The van der Waals surface area contributed by atoms with Gasteiger partial charge in [-0.3, -0.25) is 0 Å². The molecule has 0 radical (unpaired) electrons. The first kappa shape index (κ1) is 16.8. The van der Waals surface area contributed by atoms with Gasteiger partial charge in [-0.15, -0.1) is 0 Å². The Balaban J connectivity index is 2.06. The minimum absolute atomic E-state index is 0.190. The van der Waals surface area contributed by atoms with E-state index >= 15 is 0 Å². The molecular weight excluding hydrogens is 352 g/mol. The van der Waals surface area contributed by atoms with E-state index in [0.29, 0.717) is 11.0 Å². The van der Waals surface area contributed by atoms with Gasteiger partial charge in [0.2, 0.25) is 0 Å². The number of H-pyrrole nitrogens is 1. The lowest BCUT2D eigenvalue weighted by Crippen LogP contribution is -1.97. The van der Waals surface area contributed by atoms with Crippen LogP contribution in [0.5, 0.6) is 5.75 Å². The van der Waals surface area contributed by atoms with Gasteiger partial charge in [-0.05, 0) is 26.0 Å². The molecule has 1 aromatic carbocycles. The van der Waals surface area contributed by atoms with Crippen molar-refractivity contribution in [3.63, 3.8) is 0 Å². The maximum Gasteiger partial charge on any atom is 0.143 e. The average molecular weight is 371 g/mol. The molecule has 0 spiro atoms. The van der Waals surface area contributed by atoms with Gasteiger partial charge in [-0.2, -0.15) is 0 Å². The van der Waals surface area contributed by atoms with Crippen LogP contribution in [0.15, 0.2) is 16.7 Å². The molecule has 0 aliphatic rings. The van der Waals surface area contributed by atoms with E-state index in [1.165, 1.54) is 0 Å². The number of hydrogen-bond donors (Lipinski definition) is 1. The number of nitrogens with zero attached hydrogens (tertiary/aromatic N) is 3. The van der Waals surface area contributed by atoms with E-state index in [4.69, 9.17) is 20.9 Å². The lowest BCUT2D eigenvalue weighted by molar-refractivity contribution is 0.393. The van der Waals surface area contributed by atoms with Crippen molar-refractivity contribution < 1.29 is 9.26 Å². The van der Waals surface area contributed by atoms with Crippen molar-refractivity contribution in [1.29, 1.82) is 0 Å². The molecule has 1 N–H and O–H groups in total. The van der Waals surface area contributed by atoms with Crippen LogP contribution < -0.4 is 4.74 Å². The van der Waals surface area contributed by atoms with E-state index in [9.17, 15) is 0 Å². The minimum atomic E-state index is 0.190. The van der Waals surface area contributed by atoms with Crippen molar-refractivity contribution in [3.8, 4) is 16.9 Å². The number of methoxy groups -OCH3 is 1. The van der Waals surface area contributed by atoms with Crippen molar-refractivity contribution in [3.05, 3.63) is 34.6 Å². The first-order chi connectivity index (χ1) is 12.4. The molecule has 7 heteroatoms. The van der Waals surface area contributed by atoms with Crippen LogP contribution in [-0.4, -0.2) is 27.2 Å². The zero-order chi connectivity index (χ0) is 18.6. The van der Waals surface area contributed by atoms with Gasteiger partial charge >= 0.3 is 0 Å². The molecule has 0 bridgehead atoms. The summed E-state index contributed by atoms with van der Waals surface area (Å²) in [6, 6.07) is 3.98. The fraction of sp³-hybridized carbons (Fsp3) is 0.316. The van der Waals surface area contributed by atoms with Crippen molar-refractivity contribution >= 4 is 33.5 Å². The zero-order valence-electron chi connectivity index (χ0n) is 15.3. The molecule has 0 fully saturated rings. The number of rotatable bonds is 3. The molecule has 0 aliphatic heterocycles. The maximum absolute atomic E-state index is 6.48. The second-order valence-electron chi connectivity index (χ2n) is 6.67. The Bertz CT molecular complexity index is 1120. The summed E-state index contributed by atoms with van der Waals surface area (Å²) in [5.74, 6) is 2.37. The second kappa shape index (κ2) is 5.99. The number of ether oxygens (including phenoxy) is 1. The van der Waals surface area contributed by atoms with Crippen LogP contribution in [0.3, 0.4) is 0 Å². The maximum atomic E-state index is 6.48. The summed E-state index contributed by atoms with van der Waals surface area (Å²) in [7, 11) is 1.65. The summed E-state index contributed by atoms with van der Waals surface area (Å²) in [6.45, 7) is 7.89. The molecule has 134 valence electrons. The van der Waals surface area contributed by atoms with Crippen LogP contribution in [0.4, 0.5) is 0 Å². The van der Waals surface area contributed by atoms with Gasteiger partial charge in [0.15, 0.2) is 0 Å². The summed E-state index contributed by atoms with van der Waals surface area (Å²) in [5.41, 5.74) is 4.30. The highest BCUT2D eigenvalue weighted by Crippen LogP contribution is 2.40. The summed E-state index contributed by atoms with van der Waals surface area (Å²) in [4.78, 5) is 12.4. The molecule has 0 saturated heterocycles. The summed E-state index contributed by atoms with van der Waals surface area (Å²) >= 11 is 6.48. The van der Waals surface area contributed by atoms with E-state index in [2.05, 4.69) is 20.1 Å². The first-order valence-electron chi connectivity index (χ1n) is 8.40. The third-order valence-corrected chi connectivity index (χ3v) is 4.84. The zero-order valence-corrected chi connectivity index (χ0v) is 16.0. The number of fused-ring (bicyclic) bond motifs is 3. The van der Waals surface area contributed by atoms with Crippen LogP contribution >= 0.6 is 11.6 Å². The number of aromatic amines is 1. The number of nitrogens with one attached hydrogen (secondary N) is 1. The van der Waals surface area contributed by atoms with E-state index in [-0.39, 0.29) is 5.92 Å². The first-order valence-corrected chi connectivity index (χ1v) is 8.78. The van der Waals surface area contributed by atoms with Crippen LogP contribution in [0.2, 0.25) is 5.15 Å². The Morgan fingerprint density at radius 3 is 2.58 bits per heavy atom. The molecule has 3 heterocycles. The lowest BCUT2D eigenvalue weighted by Gasteiger charge is -2.09. The highest BCUT2D eigenvalue weighted by Gasteiger charge is 2.20. The predicted octanol–water partition coefficient (Wildman–Crippen LogP) is 5.17. The van der Waals surface area contributed by atoms with Crippen LogP contribution in [0, 0.1) is 13.8 Å². The van der Waals surface area contributed by atoms with E-state index in [1.807, 2.05) is 39.8 Å². The number of halogens is 1. The predicted molar refractivity (Wildman–Crippen MR) is 102 cm³/mol. The third-order valence-electron chi connectivity index (χ3n) is 4.56. The highest BCUT2D eigenvalue weighted by atomic mass is 35.5. The molecule has 0 unspecified atom stereocenters. The quantitative estimate of drug-likeness (QED) is 0.503. The fourth-order valence-corrected chi connectivity index (χ4v) is 3.56. The largest absolute Gasteiger partial charge is 0.496 e. The Labute approximate surface area is 155 Å². The van der Waals surface area contributed by atoms with Gasteiger partial charge in [0.25, 0.3) is 0 Å². The third kappa shape index (κ3) is 2.44. The molecule has 0 aliphatic carbocycles. The fourth-order valence-electron chi connectivity index (χ4n) is 3.29. The van der Waals surface area contributed by atoms with Gasteiger partial charge in [0.1, 0.15) is 28.1 Å². The Morgan fingerprint density at radius 1 is 1.19 bits per heavy atom. The van der Waals surface area contributed by atoms with Crippen molar-refractivity contribution in [2.45, 2.75) is 33.6 Å². The molecule has 0 atom stereocenters. The normalized spacial score (nSPS) is 11.8. The van der Waals surface area contributed by atoms with Gasteiger partial charge < -0.3 is 14.2 Å². The molecule has 4 aromatic rings. The molecule has 0 saturated carbocycles. The number of aromatic nitrogens is 4. The monoisotopic (exact) mass is 370 g/mol. The molecule has 0 amide bonds. The SMILES string of the molecule is COc1cc2c(cc1-c1c(C)noc1C)[nH]c1nc(C(C)C)nc(Cl)c12. The van der Waals surface area contributed by atoms with E-state index in [0.717, 1.165) is 50.3 Å². The average Bonchev–Trinajstić information content (AvgIpc) is 3.12. The smallest absolute Gasteiger partial charge is 0.143 e. The van der Waals surface area contributed by atoms with E-state index in [1.54, 1.807) is 7.11 Å². The van der Waals surface area contributed by atoms with Gasteiger partial charge in [-0.25, -0.2) is 9.97 Å². The van der Waals surface area contributed by atoms with Gasteiger partial charge in [0, 0.05) is 22.4 Å². The number of aryl methyl sites for hydroxylation is 2. The van der Waals surface area contributed by atoms with Crippen molar-refractivity contribution in [2.24, 2.45) is 0 Å². The summed E-state index contributed by atoms with van der Waals surface area (Å²) < 4.78 is 11.0. The Morgan fingerprint density at radius 2 is 1.96 bits per heavy atom. The minimum Gasteiger partial charge on any atom is -0.496 e. The van der Waals surface area contributed by atoms with Crippen LogP contribution in [0.25, 0.3) is 33.1 Å². The van der Waals surface area contributed by atoms with Crippen LogP contribution in [0.1, 0.15) is 37.0 Å². The van der Waals surface area contributed by atoms with E-state index < -0.39 is 0 Å². The van der Waals surface area contributed by atoms with Crippen molar-refractivity contribution in [1.82, 2.24) is 20.1 Å². The molecule has 26 heavy (non-hydrogen) atoms. The second-order valence-corrected chi connectivity index (χ2v) is 7.03. The van der Waals surface area contributed by atoms with Crippen LogP contribution in [-0.2, 0) is 0 Å². The molecule has 6 nitrogen and oxygen atoms in total. The van der Waals surface area contributed by atoms with Gasteiger partial charge in [-0.1, -0.05) is 30.6 Å². The summed E-state index contributed by atoms with van der Waals surface area (Å²) in [5, 5.41) is 6.22. The van der Waals surface area contributed by atoms with Gasteiger partial charge in [0.05, 0.1) is 23.8 Å².